The number of aliphatic carboxylic acids is 1. The van der Waals surface area contributed by atoms with Crippen molar-refractivity contribution in [3.63, 3.8) is 0 Å². The van der Waals surface area contributed by atoms with Gasteiger partial charge in [-0.15, -0.1) is 0 Å². The Kier molecular flexibility index (Phi) is 6.61. The van der Waals surface area contributed by atoms with E-state index in [-0.39, 0.29) is 5.41 Å². The highest BCUT2D eigenvalue weighted by atomic mass is 16.4. The van der Waals surface area contributed by atoms with Gasteiger partial charge in [-0.25, -0.2) is 4.79 Å². The summed E-state index contributed by atoms with van der Waals surface area (Å²) >= 11 is 0. The number of allylic oxidation sites excluding steroid dienone is 5. The average Bonchev–Trinajstić information content (AvgIpc) is 2.48. The van der Waals surface area contributed by atoms with Gasteiger partial charge in [0.25, 0.3) is 0 Å². The van der Waals surface area contributed by atoms with Gasteiger partial charge in [-0.2, -0.15) is 0 Å². The van der Waals surface area contributed by atoms with E-state index in [1.165, 1.54) is 0 Å². The normalized spacial score (nSPS) is 30.0. The lowest BCUT2D eigenvalue weighted by molar-refractivity contribution is -0.132. The molecule has 0 unspecified atom stereocenters. The second kappa shape index (κ2) is 7.98. The number of rotatable bonds is 5. The highest BCUT2D eigenvalue weighted by molar-refractivity contribution is 5.91. The summed E-state index contributed by atoms with van der Waals surface area (Å²) in [6, 6.07) is 0. The van der Waals surface area contributed by atoms with Crippen molar-refractivity contribution in [3.05, 3.63) is 60.8 Å². The van der Waals surface area contributed by atoms with Gasteiger partial charge in [0, 0.05) is 0 Å². The first-order valence-electron chi connectivity index (χ1n) is 7.88. The summed E-state index contributed by atoms with van der Waals surface area (Å²) in [4.78, 5) is 11.3. The first kappa shape index (κ1) is 18.2. The number of carboxylic acids is 1. The Bertz CT molecular complexity index is 522. The standard InChI is InChI=1S/C20H28O2/c1-6-15(2)12-14-20(5)13-8-7-9-18(19(21)22)16(3)10-11-17(20)4/h6-9,17H,1-3,10-14H2,4-5H3,(H,21,22)/b8-7-,18-9+/t17-,20+/m1/s1. The van der Waals surface area contributed by atoms with Crippen LogP contribution in [0.25, 0.3) is 0 Å². The largest absolute Gasteiger partial charge is 0.478 e. The van der Waals surface area contributed by atoms with Crippen LogP contribution < -0.4 is 0 Å². The summed E-state index contributed by atoms with van der Waals surface area (Å²) < 4.78 is 0. The summed E-state index contributed by atoms with van der Waals surface area (Å²) in [5.41, 5.74) is 2.29. The van der Waals surface area contributed by atoms with E-state index < -0.39 is 5.97 Å². The van der Waals surface area contributed by atoms with E-state index in [2.05, 4.69) is 39.7 Å². The zero-order chi connectivity index (χ0) is 16.8. The van der Waals surface area contributed by atoms with Crippen molar-refractivity contribution in [2.24, 2.45) is 11.3 Å². The molecule has 0 saturated heterocycles. The molecule has 0 bridgehead atoms. The second-order valence-corrected chi connectivity index (χ2v) is 6.58. The molecular formula is C20H28O2. The lowest BCUT2D eigenvalue weighted by Crippen LogP contribution is -2.25. The van der Waals surface area contributed by atoms with Crippen LogP contribution in [0.1, 0.15) is 46.0 Å². The number of hydrogen-bond acceptors (Lipinski definition) is 1. The quantitative estimate of drug-likeness (QED) is 0.685. The van der Waals surface area contributed by atoms with Crippen molar-refractivity contribution in [3.8, 4) is 0 Å². The van der Waals surface area contributed by atoms with E-state index in [1.54, 1.807) is 6.08 Å². The molecule has 22 heavy (non-hydrogen) atoms. The second-order valence-electron chi connectivity index (χ2n) is 6.58. The van der Waals surface area contributed by atoms with E-state index >= 15 is 0 Å². The van der Waals surface area contributed by atoms with Crippen molar-refractivity contribution >= 4 is 5.97 Å². The summed E-state index contributed by atoms with van der Waals surface area (Å²) in [6.45, 7) is 16.3. The molecule has 1 rings (SSSR count). The Morgan fingerprint density at radius 3 is 2.82 bits per heavy atom. The van der Waals surface area contributed by atoms with Crippen LogP contribution in [0.15, 0.2) is 60.8 Å². The zero-order valence-electron chi connectivity index (χ0n) is 13.9. The third-order valence-corrected chi connectivity index (χ3v) is 4.97. The van der Waals surface area contributed by atoms with Crippen molar-refractivity contribution in [2.75, 3.05) is 0 Å². The Hall–Kier alpha value is -1.83. The van der Waals surface area contributed by atoms with Crippen molar-refractivity contribution in [1.82, 2.24) is 0 Å². The van der Waals surface area contributed by atoms with Crippen LogP contribution in [0.5, 0.6) is 0 Å². The Balaban J connectivity index is 2.95. The number of hydrogen-bond donors (Lipinski definition) is 1. The Morgan fingerprint density at radius 2 is 2.23 bits per heavy atom. The van der Waals surface area contributed by atoms with Gasteiger partial charge < -0.3 is 5.11 Å². The summed E-state index contributed by atoms with van der Waals surface area (Å²) in [5.74, 6) is -0.410. The molecule has 0 aromatic heterocycles. The van der Waals surface area contributed by atoms with Gasteiger partial charge in [-0.1, -0.05) is 57.4 Å². The Labute approximate surface area is 134 Å². The van der Waals surface area contributed by atoms with Gasteiger partial charge in [0.2, 0.25) is 0 Å². The van der Waals surface area contributed by atoms with Gasteiger partial charge in [-0.05, 0) is 55.1 Å². The van der Waals surface area contributed by atoms with Crippen LogP contribution in [0.3, 0.4) is 0 Å². The molecule has 0 radical (unpaired) electrons. The Morgan fingerprint density at radius 1 is 1.55 bits per heavy atom. The molecule has 120 valence electrons. The first-order chi connectivity index (χ1) is 10.3. The molecular weight excluding hydrogens is 272 g/mol. The molecule has 0 saturated carbocycles. The van der Waals surface area contributed by atoms with E-state index in [0.29, 0.717) is 17.1 Å². The smallest absolute Gasteiger partial charge is 0.335 e. The maximum atomic E-state index is 11.3. The van der Waals surface area contributed by atoms with Crippen LogP contribution >= 0.6 is 0 Å². The van der Waals surface area contributed by atoms with Gasteiger partial charge in [0.05, 0.1) is 5.57 Å². The molecule has 0 heterocycles. The van der Waals surface area contributed by atoms with Gasteiger partial charge in [0.15, 0.2) is 0 Å². The molecule has 1 aliphatic carbocycles. The maximum absolute atomic E-state index is 11.3. The molecule has 2 nitrogen and oxygen atoms in total. The molecule has 0 aromatic carbocycles. The lowest BCUT2D eigenvalue weighted by Gasteiger charge is -2.36. The van der Waals surface area contributed by atoms with E-state index in [4.69, 9.17) is 0 Å². The van der Waals surface area contributed by atoms with Crippen molar-refractivity contribution < 1.29 is 9.90 Å². The van der Waals surface area contributed by atoms with E-state index in [9.17, 15) is 9.90 Å². The van der Waals surface area contributed by atoms with E-state index in [0.717, 1.165) is 37.7 Å². The molecule has 0 fully saturated rings. The summed E-state index contributed by atoms with van der Waals surface area (Å²) in [7, 11) is 0. The summed E-state index contributed by atoms with van der Waals surface area (Å²) in [6.07, 6.45) is 12.1. The molecule has 0 aliphatic heterocycles. The van der Waals surface area contributed by atoms with E-state index in [1.807, 2.05) is 12.2 Å². The lowest BCUT2D eigenvalue weighted by atomic mass is 9.69. The molecule has 0 spiro atoms. The third kappa shape index (κ3) is 4.87. The van der Waals surface area contributed by atoms with Crippen LogP contribution in [0.2, 0.25) is 0 Å². The van der Waals surface area contributed by atoms with Crippen molar-refractivity contribution in [1.29, 1.82) is 0 Å². The predicted molar refractivity (Wildman–Crippen MR) is 93.7 cm³/mol. The average molecular weight is 300 g/mol. The minimum atomic E-state index is -0.895. The molecule has 0 aromatic rings. The fraction of sp³-hybridized carbons (Fsp3) is 0.450. The fourth-order valence-electron chi connectivity index (χ4n) is 2.81. The SMILES string of the molecule is C=CC(=C)CC[C@]1(C)C/C=C\C=C(\C(=O)O)C(=C)CC[C@H]1C. The molecule has 2 heteroatoms. The molecule has 2 atom stereocenters. The van der Waals surface area contributed by atoms with Crippen LogP contribution in [-0.2, 0) is 4.79 Å². The van der Waals surface area contributed by atoms with Crippen LogP contribution in [0, 0.1) is 11.3 Å². The first-order valence-corrected chi connectivity index (χ1v) is 7.88. The third-order valence-electron chi connectivity index (χ3n) is 4.97. The molecule has 1 N–H and O–H groups in total. The number of carboxylic acid groups (broad SMARTS) is 1. The molecule has 1 aliphatic rings. The van der Waals surface area contributed by atoms with Gasteiger partial charge >= 0.3 is 5.97 Å². The van der Waals surface area contributed by atoms with Gasteiger partial charge in [-0.3, -0.25) is 0 Å². The van der Waals surface area contributed by atoms with Crippen molar-refractivity contribution in [2.45, 2.75) is 46.0 Å². The predicted octanol–water partition coefficient (Wildman–Crippen LogP) is 5.46. The summed E-state index contributed by atoms with van der Waals surface area (Å²) in [5, 5.41) is 9.25. The van der Waals surface area contributed by atoms with Gasteiger partial charge in [0.1, 0.15) is 0 Å². The van der Waals surface area contributed by atoms with Crippen LogP contribution in [-0.4, -0.2) is 11.1 Å². The zero-order valence-corrected chi connectivity index (χ0v) is 13.9. The highest BCUT2D eigenvalue weighted by Crippen LogP contribution is 2.41. The van der Waals surface area contributed by atoms with Crippen LogP contribution in [0.4, 0.5) is 0 Å². The number of carbonyl (C=O) groups is 1. The maximum Gasteiger partial charge on any atom is 0.335 e. The minimum Gasteiger partial charge on any atom is -0.478 e. The topological polar surface area (TPSA) is 37.3 Å². The highest BCUT2D eigenvalue weighted by Gasteiger charge is 2.30. The monoisotopic (exact) mass is 300 g/mol. The molecule has 0 amide bonds. The minimum absolute atomic E-state index is 0.178. The fourth-order valence-corrected chi connectivity index (χ4v) is 2.81.